The zero-order valence-corrected chi connectivity index (χ0v) is 19.3. The molecule has 0 amide bonds. The minimum Gasteiger partial charge on any atom is -0.354 e. The number of nitrogens with zero attached hydrogens (tertiary/aromatic N) is 7. The lowest BCUT2D eigenvalue weighted by atomic mass is 10.0. The highest BCUT2D eigenvalue weighted by atomic mass is 16.1. The van der Waals surface area contributed by atoms with Gasteiger partial charge < -0.3 is 9.80 Å². The predicted octanol–water partition coefficient (Wildman–Crippen LogP) is 3.40. The fourth-order valence-corrected chi connectivity index (χ4v) is 4.42. The largest absolute Gasteiger partial charge is 0.354 e. The van der Waals surface area contributed by atoms with Gasteiger partial charge in [-0.15, -0.1) is 0 Å². The smallest absolute Gasteiger partial charge is 0.169 e. The topological polar surface area (TPSA) is 80.0 Å². The third kappa shape index (κ3) is 4.28. The SMILES string of the molecule is CN1CCN(c2cc(C(=O)Cc3cc4cc(-c5cnn(C6CC6)c5)cnc4cn3)ccn2)CC1. The molecular formula is C26H27N7O. The third-order valence-corrected chi connectivity index (χ3v) is 6.72. The molecule has 1 saturated heterocycles. The molecule has 6 rings (SSSR count). The van der Waals surface area contributed by atoms with E-state index < -0.39 is 0 Å². The van der Waals surface area contributed by atoms with Gasteiger partial charge in [0.15, 0.2) is 5.78 Å². The van der Waals surface area contributed by atoms with Gasteiger partial charge in [0.25, 0.3) is 0 Å². The lowest BCUT2D eigenvalue weighted by Gasteiger charge is -2.33. The first kappa shape index (κ1) is 20.9. The Morgan fingerprint density at radius 1 is 0.971 bits per heavy atom. The van der Waals surface area contributed by atoms with Crippen molar-refractivity contribution >= 4 is 22.5 Å². The number of fused-ring (bicyclic) bond motifs is 1. The van der Waals surface area contributed by atoms with Crippen molar-refractivity contribution in [1.29, 1.82) is 0 Å². The molecule has 0 radical (unpaired) electrons. The van der Waals surface area contributed by atoms with Crippen LogP contribution in [0.25, 0.3) is 22.0 Å². The van der Waals surface area contributed by atoms with Gasteiger partial charge >= 0.3 is 0 Å². The van der Waals surface area contributed by atoms with E-state index in [9.17, 15) is 4.79 Å². The van der Waals surface area contributed by atoms with Crippen LogP contribution >= 0.6 is 0 Å². The Kier molecular flexibility index (Phi) is 5.30. The van der Waals surface area contributed by atoms with Crippen LogP contribution in [0.3, 0.4) is 0 Å². The first-order chi connectivity index (χ1) is 16.6. The maximum atomic E-state index is 13.1. The number of hydrogen-bond donors (Lipinski definition) is 0. The first-order valence-electron chi connectivity index (χ1n) is 11.8. The van der Waals surface area contributed by atoms with Crippen LogP contribution in [0, 0.1) is 0 Å². The fraction of sp³-hybridized carbons (Fsp3) is 0.346. The Morgan fingerprint density at radius 2 is 1.82 bits per heavy atom. The normalized spacial score (nSPS) is 16.8. The summed E-state index contributed by atoms with van der Waals surface area (Å²) in [6.07, 6.45) is 12.0. The zero-order chi connectivity index (χ0) is 23.1. The van der Waals surface area contributed by atoms with Crippen molar-refractivity contribution in [2.45, 2.75) is 25.3 Å². The summed E-state index contributed by atoms with van der Waals surface area (Å²) in [7, 11) is 2.13. The standard InChI is InChI=1S/C26H27N7O/c1-31-6-8-32(9-7-31)26-12-18(4-5-27-26)25(34)13-22-11-19-10-20(14-29-24(19)16-28-22)21-15-30-33(17-21)23-2-3-23/h4-5,10-12,14-17,23H,2-3,6-9,13H2,1H3. The van der Waals surface area contributed by atoms with Crippen LogP contribution in [0.1, 0.15) is 34.9 Å². The molecule has 0 atom stereocenters. The first-order valence-corrected chi connectivity index (χ1v) is 11.8. The van der Waals surface area contributed by atoms with E-state index in [-0.39, 0.29) is 12.2 Å². The summed E-state index contributed by atoms with van der Waals surface area (Å²) in [4.78, 5) is 31.2. The number of anilines is 1. The van der Waals surface area contributed by atoms with Gasteiger partial charge in [0.05, 0.1) is 30.4 Å². The average molecular weight is 454 g/mol. The Hall–Kier alpha value is -3.65. The Balaban J connectivity index is 1.21. The van der Waals surface area contributed by atoms with E-state index in [0.717, 1.165) is 59.7 Å². The summed E-state index contributed by atoms with van der Waals surface area (Å²) >= 11 is 0. The van der Waals surface area contributed by atoms with Crippen LogP contribution in [0.4, 0.5) is 5.82 Å². The average Bonchev–Trinajstić information content (AvgIpc) is 3.60. The molecule has 4 aromatic rings. The van der Waals surface area contributed by atoms with Crippen LogP contribution in [-0.2, 0) is 6.42 Å². The van der Waals surface area contributed by atoms with Crippen LogP contribution in [-0.4, -0.2) is 68.6 Å². The molecule has 1 aliphatic carbocycles. The fourth-order valence-electron chi connectivity index (χ4n) is 4.42. The van der Waals surface area contributed by atoms with Gasteiger partial charge in [0, 0.05) is 72.5 Å². The highest BCUT2D eigenvalue weighted by molar-refractivity contribution is 5.98. The highest BCUT2D eigenvalue weighted by Crippen LogP contribution is 2.35. The van der Waals surface area contributed by atoms with E-state index in [1.165, 1.54) is 12.8 Å². The lowest BCUT2D eigenvalue weighted by Crippen LogP contribution is -2.44. The summed E-state index contributed by atoms with van der Waals surface area (Å²) in [5.74, 6) is 0.908. The summed E-state index contributed by atoms with van der Waals surface area (Å²) in [6.45, 7) is 3.83. The highest BCUT2D eigenvalue weighted by Gasteiger charge is 2.24. The minimum atomic E-state index is 0.0412. The number of rotatable bonds is 6. The van der Waals surface area contributed by atoms with Crippen LogP contribution < -0.4 is 4.90 Å². The van der Waals surface area contributed by atoms with E-state index >= 15 is 0 Å². The van der Waals surface area contributed by atoms with E-state index in [0.29, 0.717) is 11.6 Å². The number of hydrogen-bond acceptors (Lipinski definition) is 7. The van der Waals surface area contributed by atoms with Gasteiger partial charge in [-0.2, -0.15) is 5.10 Å². The molecule has 8 nitrogen and oxygen atoms in total. The molecule has 0 bridgehead atoms. The number of piperazine rings is 1. The quantitative estimate of drug-likeness (QED) is 0.414. The third-order valence-electron chi connectivity index (χ3n) is 6.72. The number of carbonyl (C=O) groups excluding carboxylic acids is 1. The molecule has 1 aliphatic heterocycles. The maximum Gasteiger partial charge on any atom is 0.169 e. The number of Topliss-reactive ketones (excluding diaryl/α,β-unsaturated/α-hetero) is 1. The zero-order valence-electron chi connectivity index (χ0n) is 19.3. The molecule has 2 aliphatic rings. The molecule has 4 aromatic heterocycles. The minimum absolute atomic E-state index is 0.0412. The van der Waals surface area contributed by atoms with Gasteiger partial charge in [-0.3, -0.25) is 19.4 Å². The molecule has 172 valence electrons. The summed E-state index contributed by atoms with van der Waals surface area (Å²) in [6, 6.07) is 8.32. The van der Waals surface area contributed by atoms with Gasteiger partial charge in [0.1, 0.15) is 5.82 Å². The number of likely N-dealkylation sites (N-methyl/N-ethyl adjacent to an activating group) is 1. The predicted molar refractivity (Wildman–Crippen MR) is 131 cm³/mol. The number of aromatic nitrogens is 5. The summed E-state index contributed by atoms with van der Waals surface area (Å²) < 4.78 is 2.04. The van der Waals surface area contributed by atoms with Crippen LogP contribution in [0.2, 0.25) is 0 Å². The van der Waals surface area contributed by atoms with E-state index in [1.54, 1.807) is 18.5 Å². The van der Waals surface area contributed by atoms with Crippen molar-refractivity contribution < 1.29 is 4.79 Å². The number of ketones is 1. The Labute approximate surface area is 198 Å². The van der Waals surface area contributed by atoms with Crippen molar-refractivity contribution in [2.24, 2.45) is 0 Å². The number of carbonyl (C=O) groups is 1. The van der Waals surface area contributed by atoms with Crippen molar-refractivity contribution in [3.05, 3.63) is 66.5 Å². The molecule has 5 heterocycles. The summed E-state index contributed by atoms with van der Waals surface area (Å²) in [5.41, 5.74) is 4.31. The van der Waals surface area contributed by atoms with E-state index in [4.69, 9.17) is 0 Å². The van der Waals surface area contributed by atoms with Crippen molar-refractivity contribution in [3.8, 4) is 11.1 Å². The molecule has 1 saturated carbocycles. The maximum absolute atomic E-state index is 13.1. The second-order valence-corrected chi connectivity index (χ2v) is 9.33. The molecule has 0 unspecified atom stereocenters. The lowest BCUT2D eigenvalue weighted by molar-refractivity contribution is 0.0992. The summed E-state index contributed by atoms with van der Waals surface area (Å²) in [5, 5.41) is 5.46. The second-order valence-electron chi connectivity index (χ2n) is 9.33. The number of pyridine rings is 3. The molecule has 0 aromatic carbocycles. The van der Waals surface area contributed by atoms with Crippen LogP contribution in [0.15, 0.2) is 55.2 Å². The molecule has 2 fully saturated rings. The second kappa shape index (κ2) is 8.61. The van der Waals surface area contributed by atoms with E-state index in [2.05, 4.69) is 49.2 Å². The van der Waals surface area contributed by atoms with Crippen molar-refractivity contribution in [3.63, 3.8) is 0 Å². The van der Waals surface area contributed by atoms with Crippen LogP contribution in [0.5, 0.6) is 0 Å². The van der Waals surface area contributed by atoms with Gasteiger partial charge in [-0.1, -0.05) is 0 Å². The molecular weight excluding hydrogens is 426 g/mol. The molecule has 34 heavy (non-hydrogen) atoms. The molecule has 8 heteroatoms. The van der Waals surface area contributed by atoms with Gasteiger partial charge in [-0.05, 0) is 44.2 Å². The van der Waals surface area contributed by atoms with Crippen molar-refractivity contribution in [2.75, 3.05) is 38.1 Å². The molecule has 0 spiro atoms. The monoisotopic (exact) mass is 453 g/mol. The van der Waals surface area contributed by atoms with Gasteiger partial charge in [-0.25, -0.2) is 4.98 Å². The Morgan fingerprint density at radius 3 is 2.65 bits per heavy atom. The van der Waals surface area contributed by atoms with Crippen molar-refractivity contribution in [1.82, 2.24) is 29.6 Å². The molecule has 0 N–H and O–H groups in total. The van der Waals surface area contributed by atoms with Gasteiger partial charge in [0.2, 0.25) is 0 Å². The van der Waals surface area contributed by atoms with E-state index in [1.807, 2.05) is 29.2 Å². The Bertz CT molecular complexity index is 1350.